The fraction of sp³-hybridized carbons (Fsp3) is 0.500. The van der Waals surface area contributed by atoms with Gasteiger partial charge in [0, 0.05) is 57.8 Å². The van der Waals surface area contributed by atoms with E-state index in [0.29, 0.717) is 24.7 Å². The van der Waals surface area contributed by atoms with Crippen molar-refractivity contribution in [3.8, 4) is 5.75 Å². The van der Waals surface area contributed by atoms with Crippen LogP contribution in [0.2, 0.25) is 0 Å². The van der Waals surface area contributed by atoms with Gasteiger partial charge in [0.25, 0.3) is 5.91 Å². The molecule has 0 unspecified atom stereocenters. The normalized spacial score (nSPS) is 19.9. The molecule has 2 saturated heterocycles. The van der Waals surface area contributed by atoms with Gasteiger partial charge < -0.3 is 14.9 Å². The molecule has 1 aromatic rings. The van der Waals surface area contributed by atoms with E-state index in [1.807, 2.05) is 4.90 Å². The summed E-state index contributed by atoms with van der Waals surface area (Å²) in [7, 11) is 0. The minimum Gasteiger partial charge on any atom is -0.508 e. The number of hydrogen-bond acceptors (Lipinski definition) is 4. The summed E-state index contributed by atoms with van der Waals surface area (Å²) >= 11 is 0. The second kappa shape index (κ2) is 5.96. The van der Waals surface area contributed by atoms with E-state index in [0.717, 1.165) is 26.2 Å². The van der Waals surface area contributed by atoms with Crippen LogP contribution in [0.25, 0.3) is 0 Å². The Bertz CT molecular complexity index is 576. The lowest BCUT2D eigenvalue weighted by molar-refractivity contribution is -0.131. The van der Waals surface area contributed by atoms with Crippen molar-refractivity contribution in [3.63, 3.8) is 0 Å². The van der Waals surface area contributed by atoms with Gasteiger partial charge in [0.2, 0.25) is 5.91 Å². The molecule has 0 saturated carbocycles. The van der Waals surface area contributed by atoms with Crippen LogP contribution in [-0.4, -0.2) is 76.9 Å². The monoisotopic (exact) mass is 303 g/mol. The molecule has 0 spiro atoms. The predicted molar refractivity (Wildman–Crippen MR) is 81.6 cm³/mol. The number of aromatic hydroxyl groups is 1. The summed E-state index contributed by atoms with van der Waals surface area (Å²) in [6, 6.07) is 6.85. The molecule has 22 heavy (non-hydrogen) atoms. The third kappa shape index (κ3) is 2.92. The lowest BCUT2D eigenvalue weighted by Crippen LogP contribution is -2.64. The number of nitrogens with zero attached hydrogens (tertiary/aromatic N) is 3. The molecule has 2 aliphatic heterocycles. The van der Waals surface area contributed by atoms with Gasteiger partial charge in [-0.25, -0.2) is 0 Å². The zero-order valence-electron chi connectivity index (χ0n) is 12.7. The third-order valence-corrected chi connectivity index (χ3v) is 4.52. The zero-order valence-corrected chi connectivity index (χ0v) is 12.7. The van der Waals surface area contributed by atoms with Gasteiger partial charge >= 0.3 is 0 Å². The summed E-state index contributed by atoms with van der Waals surface area (Å²) in [4.78, 5) is 29.6. The molecule has 2 aliphatic rings. The van der Waals surface area contributed by atoms with Crippen LogP contribution in [0, 0.1) is 0 Å². The average Bonchev–Trinajstić information content (AvgIpc) is 2.46. The number of phenols is 1. The van der Waals surface area contributed by atoms with Gasteiger partial charge in [0.15, 0.2) is 0 Å². The van der Waals surface area contributed by atoms with Gasteiger partial charge in [-0.2, -0.15) is 0 Å². The van der Waals surface area contributed by atoms with Crippen LogP contribution in [0.4, 0.5) is 0 Å². The van der Waals surface area contributed by atoms with Crippen LogP contribution in [0.5, 0.6) is 5.75 Å². The van der Waals surface area contributed by atoms with Gasteiger partial charge in [0.05, 0.1) is 0 Å². The summed E-state index contributed by atoms with van der Waals surface area (Å²) in [6.07, 6.45) is 0. The molecule has 0 aliphatic carbocycles. The minimum atomic E-state index is -0.0329. The largest absolute Gasteiger partial charge is 0.508 e. The molecule has 118 valence electrons. The number of carbonyl (C=O) groups is 2. The quantitative estimate of drug-likeness (QED) is 0.858. The summed E-state index contributed by atoms with van der Waals surface area (Å²) in [5.74, 6) is 0.215. The predicted octanol–water partition coefficient (Wildman–Crippen LogP) is 0.381. The summed E-state index contributed by atoms with van der Waals surface area (Å²) < 4.78 is 0. The van der Waals surface area contributed by atoms with Crippen molar-refractivity contribution < 1.29 is 14.7 Å². The number of hydrogen-bond donors (Lipinski definition) is 1. The lowest BCUT2D eigenvalue weighted by atomic mass is 10.0. The first kappa shape index (κ1) is 14.8. The number of rotatable bonds is 2. The first-order chi connectivity index (χ1) is 10.5. The Kier molecular flexibility index (Phi) is 4.02. The van der Waals surface area contributed by atoms with E-state index < -0.39 is 0 Å². The Morgan fingerprint density at radius 1 is 1.09 bits per heavy atom. The van der Waals surface area contributed by atoms with E-state index in [1.54, 1.807) is 30.0 Å². The number of carbonyl (C=O) groups excluding carboxylic acids is 2. The second-order valence-corrected chi connectivity index (χ2v) is 5.96. The van der Waals surface area contributed by atoms with E-state index in [-0.39, 0.29) is 17.6 Å². The van der Waals surface area contributed by atoms with E-state index in [2.05, 4.69) is 4.90 Å². The molecule has 1 N–H and O–H groups in total. The molecule has 2 amide bonds. The maximum Gasteiger partial charge on any atom is 0.254 e. The van der Waals surface area contributed by atoms with Crippen molar-refractivity contribution in [3.05, 3.63) is 29.8 Å². The molecular weight excluding hydrogens is 282 g/mol. The van der Waals surface area contributed by atoms with Crippen molar-refractivity contribution in [1.82, 2.24) is 14.7 Å². The summed E-state index contributed by atoms with van der Waals surface area (Å²) in [6.45, 7) is 6.33. The first-order valence-corrected chi connectivity index (χ1v) is 7.62. The van der Waals surface area contributed by atoms with Gasteiger partial charge in [0.1, 0.15) is 5.75 Å². The highest BCUT2D eigenvalue weighted by Crippen LogP contribution is 2.21. The molecule has 6 nitrogen and oxygen atoms in total. The molecule has 2 fully saturated rings. The van der Waals surface area contributed by atoms with Gasteiger partial charge in [-0.05, 0) is 18.2 Å². The maximum atomic E-state index is 12.3. The standard InChI is InChI=1S/C16H21N3O3/c1-12(20)17-5-7-18(8-6-17)14-10-19(11-14)16(22)13-3-2-4-15(21)9-13/h2-4,9,14,21H,5-8,10-11H2,1H3. The average molecular weight is 303 g/mol. The maximum absolute atomic E-state index is 12.3. The molecule has 1 aromatic carbocycles. The second-order valence-electron chi connectivity index (χ2n) is 5.96. The van der Waals surface area contributed by atoms with Gasteiger partial charge in [-0.3, -0.25) is 14.5 Å². The molecule has 2 heterocycles. The highest BCUT2D eigenvalue weighted by Gasteiger charge is 2.36. The SMILES string of the molecule is CC(=O)N1CCN(C2CN(C(=O)c3cccc(O)c3)C2)CC1. The number of amides is 2. The van der Waals surface area contributed by atoms with Crippen LogP contribution in [0.3, 0.4) is 0 Å². The fourth-order valence-electron chi connectivity index (χ4n) is 3.08. The van der Waals surface area contributed by atoms with Crippen LogP contribution >= 0.6 is 0 Å². The molecule has 6 heteroatoms. The Balaban J connectivity index is 1.50. The van der Waals surface area contributed by atoms with E-state index in [1.165, 1.54) is 6.07 Å². The highest BCUT2D eigenvalue weighted by molar-refractivity contribution is 5.95. The van der Waals surface area contributed by atoms with E-state index in [9.17, 15) is 14.7 Å². The molecule has 0 atom stereocenters. The molecule has 0 radical (unpaired) electrons. The number of likely N-dealkylation sites (tertiary alicyclic amines) is 1. The van der Waals surface area contributed by atoms with Crippen LogP contribution < -0.4 is 0 Å². The summed E-state index contributed by atoms with van der Waals surface area (Å²) in [5.41, 5.74) is 0.528. The molecule has 0 bridgehead atoms. The Labute approximate surface area is 129 Å². The number of phenolic OH excluding ortho intramolecular Hbond substituents is 1. The Morgan fingerprint density at radius 2 is 1.77 bits per heavy atom. The van der Waals surface area contributed by atoms with Crippen LogP contribution in [0.15, 0.2) is 24.3 Å². The van der Waals surface area contributed by atoms with E-state index >= 15 is 0 Å². The van der Waals surface area contributed by atoms with Crippen molar-refractivity contribution in [1.29, 1.82) is 0 Å². The minimum absolute atomic E-state index is 0.0329. The Morgan fingerprint density at radius 3 is 2.36 bits per heavy atom. The lowest BCUT2D eigenvalue weighted by Gasteiger charge is -2.48. The highest BCUT2D eigenvalue weighted by atomic mass is 16.3. The van der Waals surface area contributed by atoms with Crippen molar-refractivity contribution in [2.24, 2.45) is 0 Å². The first-order valence-electron chi connectivity index (χ1n) is 7.62. The Hall–Kier alpha value is -2.08. The summed E-state index contributed by atoms with van der Waals surface area (Å²) in [5, 5.41) is 9.45. The number of benzene rings is 1. The van der Waals surface area contributed by atoms with Crippen LogP contribution in [-0.2, 0) is 4.79 Å². The third-order valence-electron chi connectivity index (χ3n) is 4.52. The smallest absolute Gasteiger partial charge is 0.254 e. The van der Waals surface area contributed by atoms with Gasteiger partial charge in [-0.15, -0.1) is 0 Å². The van der Waals surface area contributed by atoms with Crippen molar-refractivity contribution in [2.45, 2.75) is 13.0 Å². The zero-order chi connectivity index (χ0) is 15.7. The topological polar surface area (TPSA) is 64.1 Å². The molecule has 0 aromatic heterocycles. The molecule has 3 rings (SSSR count). The van der Waals surface area contributed by atoms with Crippen LogP contribution in [0.1, 0.15) is 17.3 Å². The van der Waals surface area contributed by atoms with E-state index in [4.69, 9.17) is 0 Å². The van der Waals surface area contributed by atoms with Gasteiger partial charge in [-0.1, -0.05) is 6.07 Å². The molecular formula is C16H21N3O3. The fourth-order valence-corrected chi connectivity index (χ4v) is 3.08. The van der Waals surface area contributed by atoms with Crippen molar-refractivity contribution >= 4 is 11.8 Å². The van der Waals surface area contributed by atoms with Crippen molar-refractivity contribution in [2.75, 3.05) is 39.3 Å². The number of piperazine rings is 1.